The monoisotopic (exact) mass is 555 g/mol. The quantitative estimate of drug-likeness (QED) is 0.289. The first kappa shape index (κ1) is 25.2. The molecule has 2 aliphatic heterocycles. The lowest BCUT2D eigenvalue weighted by Crippen LogP contribution is -2.38. The molecule has 0 N–H and O–H groups in total. The zero-order chi connectivity index (χ0) is 26.3. The fraction of sp³-hybridized carbons (Fsp3) is 0.304. The number of carbonyl (C=O) groups excluding carboxylic acids is 1. The molecule has 0 spiro atoms. The Balaban J connectivity index is 1.69. The molecule has 2 atom stereocenters. The number of alkyl halides is 3. The maximum Gasteiger partial charge on any atom is 0.508 e. The van der Waals surface area contributed by atoms with E-state index in [4.69, 9.17) is 21.3 Å². The van der Waals surface area contributed by atoms with Gasteiger partial charge in [-0.25, -0.2) is 23.2 Å². The van der Waals surface area contributed by atoms with Gasteiger partial charge in [0.15, 0.2) is 16.5 Å². The molecule has 0 saturated carbocycles. The van der Waals surface area contributed by atoms with Gasteiger partial charge in [-0.2, -0.15) is 13.9 Å². The van der Waals surface area contributed by atoms with E-state index in [2.05, 4.69) is 14.8 Å². The highest BCUT2D eigenvalue weighted by Gasteiger charge is 2.49. The third kappa shape index (κ3) is 4.80. The molecule has 0 amide bonds. The number of thiazole rings is 1. The van der Waals surface area contributed by atoms with E-state index in [9.17, 15) is 18.0 Å². The summed E-state index contributed by atoms with van der Waals surface area (Å²) >= 11 is 7.66. The average Bonchev–Trinajstić information content (AvgIpc) is 3.62. The van der Waals surface area contributed by atoms with E-state index in [1.165, 1.54) is 29.5 Å². The molecule has 2 aromatic heterocycles. The van der Waals surface area contributed by atoms with Gasteiger partial charge in [0, 0.05) is 46.1 Å². The van der Waals surface area contributed by atoms with E-state index in [1.807, 2.05) is 0 Å². The molecular formula is C23H18ClF4N5O3S. The minimum absolute atomic E-state index is 0.0469. The minimum atomic E-state index is -2.90. The Morgan fingerprint density at radius 1 is 1.35 bits per heavy atom. The first-order chi connectivity index (χ1) is 17.7. The standard InChI is InChI=1S/C23H18ClF4N5O3S/c1-35-22(34)36-11-23(28)9-16-17(15-4-6-33(31-15)21(26)27)18(13-3-2-12(25)8-14(13)24)30-19(32(16)10-23)20-29-5-7-37-20/h2-8,18,21H,9-11H2,1H3/t18-,23-/m0/s1. The number of nitrogens with zero attached hydrogens (tertiary/aromatic N) is 5. The molecular weight excluding hydrogens is 538 g/mol. The normalized spacial score (nSPS) is 21.3. The predicted octanol–water partition coefficient (Wildman–Crippen LogP) is 5.64. The summed E-state index contributed by atoms with van der Waals surface area (Å²) in [5, 5.41) is 6.23. The van der Waals surface area contributed by atoms with Gasteiger partial charge in [-0.05, 0) is 18.2 Å². The average molecular weight is 556 g/mol. The van der Waals surface area contributed by atoms with E-state index in [0.29, 0.717) is 32.4 Å². The Morgan fingerprint density at radius 3 is 2.81 bits per heavy atom. The summed E-state index contributed by atoms with van der Waals surface area (Å²) in [7, 11) is 1.11. The van der Waals surface area contributed by atoms with Crippen LogP contribution in [0.2, 0.25) is 5.02 Å². The molecule has 14 heteroatoms. The van der Waals surface area contributed by atoms with Crippen molar-refractivity contribution in [3.63, 3.8) is 0 Å². The number of aliphatic imine (C=N–C) groups is 1. The maximum atomic E-state index is 16.1. The Labute approximate surface area is 216 Å². The molecule has 1 fully saturated rings. The van der Waals surface area contributed by atoms with Crippen molar-refractivity contribution in [3.05, 3.63) is 74.8 Å². The highest BCUT2D eigenvalue weighted by Crippen LogP contribution is 2.49. The topological polar surface area (TPSA) is 81.8 Å². The van der Waals surface area contributed by atoms with Crippen LogP contribution in [0.5, 0.6) is 0 Å². The summed E-state index contributed by atoms with van der Waals surface area (Å²) in [6.45, 7) is -3.79. The Kier molecular flexibility index (Phi) is 6.67. The molecule has 37 heavy (non-hydrogen) atoms. The Bertz CT molecular complexity index is 1400. The lowest BCUT2D eigenvalue weighted by atomic mass is 9.91. The number of aromatic nitrogens is 3. The molecule has 8 nitrogen and oxygen atoms in total. The number of carbonyl (C=O) groups is 1. The van der Waals surface area contributed by atoms with E-state index >= 15 is 4.39 Å². The Hall–Kier alpha value is -3.45. The molecule has 5 rings (SSSR count). The second-order valence-electron chi connectivity index (χ2n) is 8.33. The smallest absolute Gasteiger partial charge is 0.438 e. The van der Waals surface area contributed by atoms with Crippen molar-refractivity contribution in [2.24, 2.45) is 4.99 Å². The Morgan fingerprint density at radius 2 is 2.16 bits per heavy atom. The number of amidine groups is 1. The van der Waals surface area contributed by atoms with Gasteiger partial charge in [0.1, 0.15) is 18.5 Å². The van der Waals surface area contributed by atoms with Gasteiger partial charge in [-0.1, -0.05) is 17.7 Å². The predicted molar refractivity (Wildman–Crippen MR) is 127 cm³/mol. The van der Waals surface area contributed by atoms with Gasteiger partial charge in [-0.15, -0.1) is 11.3 Å². The van der Waals surface area contributed by atoms with Crippen LogP contribution in [-0.4, -0.2) is 57.6 Å². The number of fused-ring (bicyclic) bond motifs is 1. The SMILES string of the molecule is COC(=O)OC[C@]1(F)CC2=C(c3ccn(C(F)F)n3)[C@H](c3ccc(F)cc3Cl)N=C(c3nccs3)N2C1. The van der Waals surface area contributed by atoms with Crippen LogP contribution in [-0.2, 0) is 9.47 Å². The number of halogens is 5. The highest BCUT2D eigenvalue weighted by molar-refractivity contribution is 7.11. The van der Waals surface area contributed by atoms with Crippen molar-refractivity contribution in [1.82, 2.24) is 19.7 Å². The van der Waals surface area contributed by atoms with Crippen LogP contribution in [0.15, 0.2) is 52.7 Å². The number of allylic oxidation sites excluding steroid dienone is 1. The molecule has 194 valence electrons. The summed E-state index contributed by atoms with van der Waals surface area (Å²) < 4.78 is 66.6. The minimum Gasteiger partial charge on any atom is -0.438 e. The largest absolute Gasteiger partial charge is 0.508 e. The van der Waals surface area contributed by atoms with Gasteiger partial charge >= 0.3 is 12.7 Å². The zero-order valence-electron chi connectivity index (χ0n) is 19.1. The van der Waals surface area contributed by atoms with Crippen LogP contribution in [0.1, 0.15) is 35.3 Å². The van der Waals surface area contributed by atoms with Crippen molar-refractivity contribution in [1.29, 1.82) is 0 Å². The lowest BCUT2D eigenvalue weighted by Gasteiger charge is -2.32. The van der Waals surface area contributed by atoms with Crippen LogP contribution in [0, 0.1) is 5.82 Å². The van der Waals surface area contributed by atoms with Gasteiger partial charge in [-0.3, -0.25) is 4.99 Å². The number of ether oxygens (including phenoxy) is 2. The van der Waals surface area contributed by atoms with Crippen molar-refractivity contribution in [2.45, 2.75) is 24.7 Å². The zero-order valence-corrected chi connectivity index (χ0v) is 20.6. The number of rotatable bonds is 6. The van der Waals surface area contributed by atoms with Gasteiger partial charge < -0.3 is 14.4 Å². The van der Waals surface area contributed by atoms with E-state index in [0.717, 1.165) is 19.4 Å². The first-order valence-electron chi connectivity index (χ1n) is 10.9. The molecule has 0 bridgehead atoms. The summed E-state index contributed by atoms with van der Waals surface area (Å²) in [5.74, 6) is -0.264. The summed E-state index contributed by atoms with van der Waals surface area (Å²) in [4.78, 5) is 22.2. The third-order valence-corrected chi connectivity index (χ3v) is 7.02. The van der Waals surface area contributed by atoms with Crippen molar-refractivity contribution < 1.29 is 31.8 Å². The number of hydrogen-bond donors (Lipinski definition) is 0. The lowest BCUT2D eigenvalue weighted by molar-refractivity contribution is 0.0204. The van der Waals surface area contributed by atoms with Crippen LogP contribution in [0.3, 0.4) is 0 Å². The maximum absolute atomic E-state index is 16.1. The van der Waals surface area contributed by atoms with E-state index < -0.39 is 36.8 Å². The third-order valence-electron chi connectivity index (χ3n) is 5.92. The van der Waals surface area contributed by atoms with Crippen molar-refractivity contribution in [2.75, 3.05) is 20.3 Å². The van der Waals surface area contributed by atoms with Crippen LogP contribution < -0.4 is 0 Å². The molecule has 0 unspecified atom stereocenters. The number of benzene rings is 1. The number of hydrogen-bond acceptors (Lipinski definition) is 8. The van der Waals surface area contributed by atoms with Crippen molar-refractivity contribution in [3.8, 4) is 0 Å². The fourth-order valence-corrected chi connectivity index (χ4v) is 5.27. The van der Waals surface area contributed by atoms with E-state index in [1.54, 1.807) is 16.5 Å². The summed E-state index contributed by atoms with van der Waals surface area (Å²) in [6.07, 6.45) is 1.35. The second kappa shape index (κ2) is 9.78. The van der Waals surface area contributed by atoms with Gasteiger partial charge in [0.2, 0.25) is 0 Å². The molecule has 3 aromatic rings. The van der Waals surface area contributed by atoms with Gasteiger partial charge in [0.25, 0.3) is 0 Å². The molecule has 4 heterocycles. The summed E-state index contributed by atoms with van der Waals surface area (Å²) in [6, 6.07) is 4.17. The van der Waals surface area contributed by atoms with Crippen LogP contribution in [0.4, 0.5) is 22.4 Å². The second-order valence-corrected chi connectivity index (χ2v) is 9.64. The molecule has 0 aliphatic carbocycles. The molecule has 0 radical (unpaired) electrons. The first-order valence-corrected chi connectivity index (χ1v) is 12.1. The molecule has 1 aromatic carbocycles. The van der Waals surface area contributed by atoms with Crippen LogP contribution in [0.25, 0.3) is 5.57 Å². The van der Waals surface area contributed by atoms with Crippen molar-refractivity contribution >= 4 is 40.5 Å². The summed E-state index contributed by atoms with van der Waals surface area (Å²) in [5.41, 5.74) is -0.898. The molecule has 2 aliphatic rings. The van der Waals surface area contributed by atoms with Gasteiger partial charge in [0.05, 0.1) is 19.3 Å². The number of methoxy groups -OCH3 is 1. The van der Waals surface area contributed by atoms with Crippen LogP contribution >= 0.6 is 22.9 Å². The fourth-order valence-electron chi connectivity index (χ4n) is 4.36. The van der Waals surface area contributed by atoms with E-state index in [-0.39, 0.29) is 23.7 Å². The highest BCUT2D eigenvalue weighted by atomic mass is 35.5. The molecule has 1 saturated heterocycles.